The van der Waals surface area contributed by atoms with Gasteiger partial charge in [0, 0.05) is 21.1 Å². The Bertz CT molecular complexity index is 1730. The van der Waals surface area contributed by atoms with Crippen molar-refractivity contribution in [2.75, 3.05) is 0 Å². The molecule has 3 aromatic heterocycles. The fraction of sp³-hybridized carbons (Fsp3) is 0.125. The van der Waals surface area contributed by atoms with Gasteiger partial charge in [0.15, 0.2) is 11.2 Å². The number of para-hydroxylation sites is 2. The molecule has 1 N–H and O–H groups in total. The SMILES string of the molecule is Cn1c(=O)c2c(nc(Oc3ccc(C=C(C#N)c4nc5ccccc5[nH]4)cc3)n2C)n(C)c1=O. The molecular formula is C24H19N7O3. The summed E-state index contributed by atoms with van der Waals surface area (Å²) in [6, 6.07) is 17.0. The van der Waals surface area contributed by atoms with E-state index in [0.29, 0.717) is 17.1 Å². The third kappa shape index (κ3) is 3.36. The van der Waals surface area contributed by atoms with Crippen LogP contribution in [-0.2, 0) is 21.1 Å². The summed E-state index contributed by atoms with van der Waals surface area (Å²) >= 11 is 0. The van der Waals surface area contributed by atoms with Crippen LogP contribution in [0.5, 0.6) is 11.8 Å². The number of fused-ring (bicyclic) bond motifs is 2. The molecule has 168 valence electrons. The molecule has 2 aromatic carbocycles. The van der Waals surface area contributed by atoms with Gasteiger partial charge in [-0.3, -0.25) is 18.5 Å². The van der Waals surface area contributed by atoms with Crippen molar-refractivity contribution in [2.24, 2.45) is 21.1 Å². The zero-order valence-corrected chi connectivity index (χ0v) is 18.6. The van der Waals surface area contributed by atoms with Crippen LogP contribution >= 0.6 is 0 Å². The second-order valence-corrected chi connectivity index (χ2v) is 7.77. The van der Waals surface area contributed by atoms with E-state index in [0.717, 1.165) is 21.2 Å². The van der Waals surface area contributed by atoms with E-state index in [1.165, 1.54) is 16.2 Å². The lowest BCUT2D eigenvalue weighted by Gasteiger charge is -2.05. The average Bonchev–Trinajstić information content (AvgIpc) is 3.42. The van der Waals surface area contributed by atoms with Gasteiger partial charge in [0.1, 0.15) is 17.6 Å². The number of allylic oxidation sites excluding steroid dienone is 1. The normalized spacial score (nSPS) is 11.8. The Morgan fingerprint density at radius 3 is 2.44 bits per heavy atom. The molecule has 0 amide bonds. The summed E-state index contributed by atoms with van der Waals surface area (Å²) in [5, 5.41) is 9.63. The monoisotopic (exact) mass is 453 g/mol. The summed E-state index contributed by atoms with van der Waals surface area (Å²) in [5.74, 6) is 0.982. The van der Waals surface area contributed by atoms with E-state index in [-0.39, 0.29) is 17.2 Å². The Balaban J connectivity index is 1.45. The number of hydrogen-bond acceptors (Lipinski definition) is 6. The summed E-state index contributed by atoms with van der Waals surface area (Å²) in [6.45, 7) is 0. The van der Waals surface area contributed by atoms with Crippen molar-refractivity contribution in [2.45, 2.75) is 0 Å². The van der Waals surface area contributed by atoms with Crippen molar-refractivity contribution in [3.05, 3.63) is 80.8 Å². The van der Waals surface area contributed by atoms with Gasteiger partial charge in [0.2, 0.25) is 0 Å². The molecule has 0 aliphatic heterocycles. The highest BCUT2D eigenvalue weighted by atomic mass is 16.5. The summed E-state index contributed by atoms with van der Waals surface area (Å²) in [5.41, 5.74) is 2.43. The van der Waals surface area contributed by atoms with Crippen LogP contribution in [0.15, 0.2) is 58.1 Å². The fourth-order valence-corrected chi connectivity index (χ4v) is 3.73. The Morgan fingerprint density at radius 1 is 1.00 bits per heavy atom. The highest BCUT2D eigenvalue weighted by Crippen LogP contribution is 2.25. The fourth-order valence-electron chi connectivity index (χ4n) is 3.73. The number of hydrogen-bond donors (Lipinski definition) is 1. The number of benzene rings is 2. The minimum absolute atomic E-state index is 0.177. The highest BCUT2D eigenvalue weighted by molar-refractivity contribution is 5.90. The smallest absolute Gasteiger partial charge is 0.332 e. The van der Waals surface area contributed by atoms with E-state index >= 15 is 0 Å². The number of aromatic nitrogens is 6. The molecule has 3 heterocycles. The minimum atomic E-state index is -0.462. The molecule has 0 fully saturated rings. The first-order valence-electron chi connectivity index (χ1n) is 10.3. The summed E-state index contributed by atoms with van der Waals surface area (Å²) in [7, 11) is 4.63. The second-order valence-electron chi connectivity index (χ2n) is 7.77. The number of H-pyrrole nitrogens is 1. The Hall–Kier alpha value is -4.91. The number of aryl methyl sites for hydroxylation is 2. The Labute approximate surface area is 192 Å². The van der Waals surface area contributed by atoms with Crippen LogP contribution in [0.25, 0.3) is 33.8 Å². The largest absolute Gasteiger partial charge is 0.425 e. The third-order valence-corrected chi connectivity index (χ3v) is 5.60. The average molecular weight is 453 g/mol. The van der Waals surface area contributed by atoms with Crippen LogP contribution in [0, 0.1) is 11.3 Å². The molecule has 0 saturated carbocycles. The van der Waals surface area contributed by atoms with Crippen molar-refractivity contribution in [1.29, 1.82) is 5.26 Å². The van der Waals surface area contributed by atoms with Gasteiger partial charge in [-0.15, -0.1) is 0 Å². The maximum atomic E-state index is 12.5. The van der Waals surface area contributed by atoms with Crippen LogP contribution < -0.4 is 16.0 Å². The maximum Gasteiger partial charge on any atom is 0.332 e. The lowest BCUT2D eigenvalue weighted by molar-refractivity contribution is 0.427. The molecule has 0 bridgehead atoms. The predicted octanol–water partition coefficient (Wildman–Crippen LogP) is 2.70. The molecule has 5 aromatic rings. The van der Waals surface area contributed by atoms with Gasteiger partial charge in [-0.1, -0.05) is 24.3 Å². The van der Waals surface area contributed by atoms with E-state index in [9.17, 15) is 14.9 Å². The van der Waals surface area contributed by atoms with Gasteiger partial charge in [0.25, 0.3) is 5.56 Å². The van der Waals surface area contributed by atoms with E-state index in [1.807, 2.05) is 24.3 Å². The van der Waals surface area contributed by atoms with Gasteiger partial charge >= 0.3 is 11.7 Å². The second kappa shape index (κ2) is 7.90. The molecule has 5 rings (SSSR count). The number of nitrogens with zero attached hydrogens (tertiary/aromatic N) is 6. The maximum absolute atomic E-state index is 12.5. The molecule has 0 aliphatic carbocycles. The number of nitriles is 1. The van der Waals surface area contributed by atoms with Gasteiger partial charge in [-0.05, 0) is 35.9 Å². The van der Waals surface area contributed by atoms with Crippen molar-refractivity contribution >= 4 is 33.8 Å². The zero-order chi connectivity index (χ0) is 24.0. The van der Waals surface area contributed by atoms with Crippen molar-refractivity contribution in [3.63, 3.8) is 0 Å². The zero-order valence-electron chi connectivity index (χ0n) is 18.6. The molecule has 0 aliphatic rings. The number of nitrogens with one attached hydrogen (secondary N) is 1. The van der Waals surface area contributed by atoms with E-state index in [1.54, 1.807) is 44.4 Å². The molecule has 0 unspecified atom stereocenters. The van der Waals surface area contributed by atoms with E-state index < -0.39 is 11.2 Å². The number of rotatable bonds is 4. The summed E-state index contributed by atoms with van der Waals surface area (Å²) in [4.78, 5) is 36.7. The van der Waals surface area contributed by atoms with Crippen molar-refractivity contribution < 1.29 is 4.74 Å². The number of imidazole rings is 2. The lowest BCUT2D eigenvalue weighted by Crippen LogP contribution is -2.37. The Morgan fingerprint density at radius 2 is 1.74 bits per heavy atom. The highest BCUT2D eigenvalue weighted by Gasteiger charge is 2.18. The number of ether oxygens (including phenoxy) is 1. The summed E-state index contributed by atoms with van der Waals surface area (Å²) in [6.07, 6.45) is 1.73. The quantitative estimate of drug-likeness (QED) is 0.417. The molecule has 0 spiro atoms. The van der Waals surface area contributed by atoms with Gasteiger partial charge in [0.05, 0.1) is 16.6 Å². The van der Waals surface area contributed by atoms with Gasteiger partial charge < -0.3 is 9.72 Å². The van der Waals surface area contributed by atoms with Crippen molar-refractivity contribution in [1.82, 2.24) is 28.7 Å². The predicted molar refractivity (Wildman–Crippen MR) is 127 cm³/mol. The van der Waals surface area contributed by atoms with Crippen LogP contribution in [0.4, 0.5) is 0 Å². The van der Waals surface area contributed by atoms with Crippen LogP contribution in [0.2, 0.25) is 0 Å². The van der Waals surface area contributed by atoms with Gasteiger partial charge in [-0.2, -0.15) is 10.2 Å². The summed E-state index contributed by atoms with van der Waals surface area (Å²) < 4.78 is 9.73. The molecule has 34 heavy (non-hydrogen) atoms. The van der Waals surface area contributed by atoms with E-state index in [2.05, 4.69) is 21.0 Å². The molecule has 0 saturated heterocycles. The van der Waals surface area contributed by atoms with Crippen LogP contribution in [-0.4, -0.2) is 28.7 Å². The van der Waals surface area contributed by atoms with Crippen LogP contribution in [0.3, 0.4) is 0 Å². The standard InChI is InChI=1S/C24H19N7O3/c1-29-19-21(30(2)24(33)31(3)22(19)32)28-23(29)34-16-10-8-14(9-11-16)12-15(13-25)20-26-17-6-4-5-7-18(17)27-20/h4-12H,1-3H3,(H,26,27). The molecule has 10 heteroatoms. The first-order valence-corrected chi connectivity index (χ1v) is 10.3. The van der Waals surface area contributed by atoms with Gasteiger partial charge in [-0.25, -0.2) is 9.78 Å². The molecule has 10 nitrogen and oxygen atoms in total. The minimum Gasteiger partial charge on any atom is -0.425 e. The number of aromatic amines is 1. The molecular weight excluding hydrogens is 434 g/mol. The third-order valence-electron chi connectivity index (χ3n) is 5.60. The Kier molecular flexibility index (Phi) is 4.87. The van der Waals surface area contributed by atoms with Crippen LogP contribution in [0.1, 0.15) is 11.4 Å². The lowest BCUT2D eigenvalue weighted by atomic mass is 10.1. The van der Waals surface area contributed by atoms with Crippen molar-refractivity contribution in [3.8, 4) is 17.8 Å². The van der Waals surface area contributed by atoms with E-state index in [4.69, 9.17) is 4.74 Å². The first kappa shape index (κ1) is 21.0. The molecule has 0 atom stereocenters. The topological polar surface area (TPSA) is 124 Å². The first-order chi connectivity index (χ1) is 16.4. The molecule has 0 radical (unpaired) electrons.